The van der Waals surface area contributed by atoms with E-state index in [1.54, 1.807) is 12.3 Å². The fourth-order valence-corrected chi connectivity index (χ4v) is 1.61. The van der Waals surface area contributed by atoms with Crippen molar-refractivity contribution in [3.63, 3.8) is 0 Å². The van der Waals surface area contributed by atoms with E-state index in [2.05, 4.69) is 9.97 Å². The zero-order chi connectivity index (χ0) is 10.3. The van der Waals surface area contributed by atoms with Crippen molar-refractivity contribution in [2.45, 2.75) is 0 Å². The summed E-state index contributed by atoms with van der Waals surface area (Å²) in [6.07, 6.45) is 3.14. The highest BCUT2D eigenvalue weighted by Gasteiger charge is 2.05. The number of aromatic hydroxyl groups is 1. The van der Waals surface area contributed by atoms with Gasteiger partial charge in [-0.25, -0.2) is 4.98 Å². The molecule has 2 heterocycles. The second kappa shape index (κ2) is 2.88. The number of aromatic amines is 1. The fourth-order valence-electron chi connectivity index (χ4n) is 1.61. The van der Waals surface area contributed by atoms with Crippen molar-refractivity contribution in [3.8, 4) is 17.3 Å². The Labute approximate surface area is 85.2 Å². The second-order valence-corrected chi connectivity index (χ2v) is 3.29. The van der Waals surface area contributed by atoms with Crippen LogP contribution < -0.4 is 0 Å². The fraction of sp³-hybridized carbons (Fsp3) is 0. The number of nitrogens with one attached hydrogen (secondary N) is 1. The number of aromatic nitrogens is 2. The minimum atomic E-state index is 0.162. The van der Waals surface area contributed by atoms with Crippen LogP contribution in [0.15, 0.2) is 41.1 Å². The molecule has 0 amide bonds. The van der Waals surface area contributed by atoms with E-state index in [0.717, 1.165) is 16.5 Å². The molecule has 0 saturated carbocycles. The molecular formula is C11H8N2O2. The molecule has 0 bridgehead atoms. The lowest BCUT2D eigenvalue weighted by Gasteiger charge is -1.95. The van der Waals surface area contributed by atoms with E-state index in [1.165, 1.54) is 6.26 Å². The third-order valence-electron chi connectivity index (χ3n) is 2.29. The lowest BCUT2D eigenvalue weighted by atomic mass is 10.1. The van der Waals surface area contributed by atoms with Crippen LogP contribution in [-0.2, 0) is 0 Å². The molecule has 0 saturated heterocycles. The van der Waals surface area contributed by atoms with Gasteiger partial charge in [-0.05, 0) is 12.1 Å². The number of H-pyrrole nitrogens is 1. The molecule has 2 aromatic heterocycles. The predicted octanol–water partition coefficient (Wildman–Crippen LogP) is 2.53. The molecule has 0 unspecified atom stereocenters. The van der Waals surface area contributed by atoms with Crippen LogP contribution in [-0.4, -0.2) is 15.1 Å². The second-order valence-electron chi connectivity index (χ2n) is 3.29. The summed E-state index contributed by atoms with van der Waals surface area (Å²) < 4.78 is 5.19. The van der Waals surface area contributed by atoms with Gasteiger partial charge < -0.3 is 14.5 Å². The Morgan fingerprint density at radius 3 is 3.00 bits per heavy atom. The van der Waals surface area contributed by atoms with Crippen LogP contribution in [0.3, 0.4) is 0 Å². The predicted molar refractivity (Wildman–Crippen MR) is 55.5 cm³/mol. The molecule has 0 spiro atoms. The van der Waals surface area contributed by atoms with Gasteiger partial charge in [-0.2, -0.15) is 0 Å². The summed E-state index contributed by atoms with van der Waals surface area (Å²) in [6, 6.07) is 7.38. The largest absolute Gasteiger partial charge is 0.495 e. The molecule has 0 aliphatic rings. The van der Waals surface area contributed by atoms with Gasteiger partial charge in [0.1, 0.15) is 6.26 Å². The Morgan fingerprint density at radius 1 is 1.27 bits per heavy atom. The van der Waals surface area contributed by atoms with E-state index in [-0.39, 0.29) is 5.88 Å². The number of hydrogen-bond donors (Lipinski definition) is 2. The highest BCUT2D eigenvalue weighted by atomic mass is 16.3. The van der Waals surface area contributed by atoms with E-state index in [9.17, 15) is 5.11 Å². The van der Waals surface area contributed by atoms with Crippen molar-refractivity contribution in [1.29, 1.82) is 0 Å². The number of fused-ring (bicyclic) bond motifs is 1. The summed E-state index contributed by atoms with van der Waals surface area (Å²) in [7, 11) is 0. The van der Waals surface area contributed by atoms with Gasteiger partial charge in [0.15, 0.2) is 5.88 Å². The highest BCUT2D eigenvalue weighted by Crippen LogP contribution is 2.25. The van der Waals surface area contributed by atoms with Crippen molar-refractivity contribution < 1.29 is 9.52 Å². The Bertz CT molecular complexity index is 596. The van der Waals surface area contributed by atoms with Gasteiger partial charge in [-0.3, -0.25) is 0 Å². The van der Waals surface area contributed by atoms with Crippen LogP contribution in [0.1, 0.15) is 0 Å². The van der Waals surface area contributed by atoms with Crippen molar-refractivity contribution in [2.24, 2.45) is 0 Å². The molecular weight excluding hydrogens is 192 g/mol. The van der Waals surface area contributed by atoms with Crippen LogP contribution in [0, 0.1) is 0 Å². The SMILES string of the molecule is Oc1cc2ccc(-c3ncco3)cc2[nH]1. The first-order chi connectivity index (χ1) is 7.33. The number of hydrogen-bond acceptors (Lipinski definition) is 3. The van der Waals surface area contributed by atoms with Gasteiger partial charge in [-0.1, -0.05) is 6.07 Å². The Hall–Kier alpha value is -2.23. The molecule has 1 aromatic carbocycles. The number of benzene rings is 1. The monoisotopic (exact) mass is 200 g/mol. The quantitative estimate of drug-likeness (QED) is 0.634. The first-order valence-corrected chi connectivity index (χ1v) is 4.54. The summed E-state index contributed by atoms with van der Waals surface area (Å²) in [5.41, 5.74) is 1.75. The highest BCUT2D eigenvalue weighted by molar-refractivity contribution is 5.85. The summed E-state index contributed by atoms with van der Waals surface area (Å²) in [4.78, 5) is 6.90. The zero-order valence-corrected chi connectivity index (χ0v) is 7.77. The van der Waals surface area contributed by atoms with Crippen molar-refractivity contribution in [3.05, 3.63) is 36.7 Å². The maximum absolute atomic E-state index is 9.28. The van der Waals surface area contributed by atoms with E-state index in [1.807, 2.05) is 18.2 Å². The van der Waals surface area contributed by atoms with Crippen LogP contribution in [0.2, 0.25) is 0 Å². The molecule has 3 rings (SSSR count). The maximum atomic E-state index is 9.28. The Morgan fingerprint density at radius 2 is 2.20 bits per heavy atom. The molecule has 0 atom stereocenters. The van der Waals surface area contributed by atoms with E-state index >= 15 is 0 Å². The Balaban J connectivity index is 2.21. The first-order valence-electron chi connectivity index (χ1n) is 4.54. The van der Waals surface area contributed by atoms with E-state index in [0.29, 0.717) is 5.89 Å². The number of oxazole rings is 1. The molecule has 4 nitrogen and oxygen atoms in total. The van der Waals surface area contributed by atoms with Gasteiger partial charge in [0.2, 0.25) is 5.89 Å². The summed E-state index contributed by atoms with van der Waals surface area (Å²) in [5, 5.41) is 10.2. The van der Waals surface area contributed by atoms with Crippen molar-refractivity contribution in [2.75, 3.05) is 0 Å². The van der Waals surface area contributed by atoms with Crippen LogP contribution in [0.5, 0.6) is 5.88 Å². The van der Waals surface area contributed by atoms with E-state index in [4.69, 9.17) is 4.42 Å². The molecule has 0 radical (unpaired) electrons. The smallest absolute Gasteiger partial charge is 0.225 e. The minimum Gasteiger partial charge on any atom is -0.495 e. The topological polar surface area (TPSA) is 62.1 Å². The third kappa shape index (κ3) is 1.27. The summed E-state index contributed by atoms with van der Waals surface area (Å²) in [6.45, 7) is 0. The van der Waals surface area contributed by atoms with Crippen molar-refractivity contribution in [1.82, 2.24) is 9.97 Å². The number of nitrogens with zero attached hydrogens (tertiary/aromatic N) is 1. The molecule has 15 heavy (non-hydrogen) atoms. The molecule has 2 N–H and O–H groups in total. The van der Waals surface area contributed by atoms with Gasteiger partial charge in [0.05, 0.1) is 6.20 Å². The molecule has 0 aliphatic carbocycles. The normalized spacial score (nSPS) is 10.9. The standard InChI is InChI=1S/C11H8N2O2/c14-10-6-7-1-2-8(5-9(7)13-10)11-12-3-4-15-11/h1-6,13-14H. The lowest BCUT2D eigenvalue weighted by Crippen LogP contribution is -1.76. The average Bonchev–Trinajstić information content (AvgIpc) is 2.82. The van der Waals surface area contributed by atoms with Gasteiger partial charge >= 0.3 is 0 Å². The maximum Gasteiger partial charge on any atom is 0.225 e. The van der Waals surface area contributed by atoms with Crippen LogP contribution in [0.25, 0.3) is 22.4 Å². The lowest BCUT2D eigenvalue weighted by molar-refractivity contribution is 0.458. The van der Waals surface area contributed by atoms with Gasteiger partial charge in [0.25, 0.3) is 0 Å². The zero-order valence-electron chi connectivity index (χ0n) is 7.77. The minimum absolute atomic E-state index is 0.162. The average molecular weight is 200 g/mol. The van der Waals surface area contributed by atoms with Gasteiger partial charge in [-0.15, -0.1) is 0 Å². The molecule has 4 heteroatoms. The summed E-state index contributed by atoms with van der Waals surface area (Å²) >= 11 is 0. The summed E-state index contributed by atoms with van der Waals surface area (Å²) in [5.74, 6) is 0.737. The molecule has 3 aromatic rings. The van der Waals surface area contributed by atoms with E-state index < -0.39 is 0 Å². The number of rotatable bonds is 1. The molecule has 0 aliphatic heterocycles. The third-order valence-corrected chi connectivity index (χ3v) is 2.29. The molecule has 0 fully saturated rings. The first kappa shape index (κ1) is 8.11. The van der Waals surface area contributed by atoms with Crippen LogP contribution >= 0.6 is 0 Å². The van der Waals surface area contributed by atoms with Crippen molar-refractivity contribution >= 4 is 10.9 Å². The van der Waals surface area contributed by atoms with Gasteiger partial charge in [0, 0.05) is 22.5 Å². The molecule has 74 valence electrons. The van der Waals surface area contributed by atoms with Crippen LogP contribution in [0.4, 0.5) is 0 Å². The Kier molecular flexibility index (Phi) is 1.56.